The van der Waals surface area contributed by atoms with Crippen LogP contribution in [0.1, 0.15) is 28.2 Å². The van der Waals surface area contributed by atoms with Crippen LogP contribution in [0.3, 0.4) is 0 Å². The van der Waals surface area contributed by atoms with E-state index in [0.29, 0.717) is 17.0 Å². The number of hydrogen-bond donors (Lipinski definition) is 1. The molecule has 0 aliphatic carbocycles. The van der Waals surface area contributed by atoms with Crippen molar-refractivity contribution < 1.29 is 23.2 Å². The number of halogens is 2. The van der Waals surface area contributed by atoms with Gasteiger partial charge in [0.15, 0.2) is 5.65 Å². The number of benzene rings is 1. The van der Waals surface area contributed by atoms with Crippen LogP contribution in [0.15, 0.2) is 42.6 Å². The smallest absolute Gasteiger partial charge is 0.390 e. The zero-order chi connectivity index (χ0) is 24.4. The number of amides is 1. The first kappa shape index (κ1) is 22.8. The second-order valence-electron chi connectivity index (χ2n) is 7.24. The Labute approximate surface area is 191 Å². The summed E-state index contributed by atoms with van der Waals surface area (Å²) in [6.07, 6.45) is -1.70. The number of rotatable bonds is 8. The van der Waals surface area contributed by atoms with E-state index in [4.69, 9.17) is 4.74 Å². The summed E-state index contributed by atoms with van der Waals surface area (Å²) in [5.41, 5.74) is 0.780. The van der Waals surface area contributed by atoms with Crippen LogP contribution in [-0.4, -0.2) is 48.9 Å². The lowest BCUT2D eigenvalue weighted by atomic mass is 10.1. The normalized spacial score (nSPS) is 11.2. The van der Waals surface area contributed by atoms with E-state index in [1.54, 1.807) is 31.2 Å². The van der Waals surface area contributed by atoms with Gasteiger partial charge in [0.2, 0.25) is 0 Å². The molecule has 0 aliphatic rings. The van der Waals surface area contributed by atoms with Crippen LogP contribution in [0.25, 0.3) is 16.9 Å². The summed E-state index contributed by atoms with van der Waals surface area (Å²) in [7, 11) is 1.46. The second-order valence-corrected chi connectivity index (χ2v) is 7.24. The van der Waals surface area contributed by atoms with Crippen LogP contribution in [0, 0.1) is 17.0 Å². The largest absolute Gasteiger partial charge is 0.496 e. The Morgan fingerprint density at radius 3 is 2.74 bits per heavy atom. The number of nitrogens with one attached hydrogen (secondary N) is 1. The van der Waals surface area contributed by atoms with E-state index in [9.17, 15) is 23.7 Å². The van der Waals surface area contributed by atoms with Gasteiger partial charge >= 0.3 is 5.82 Å². The number of nitro groups is 1. The van der Waals surface area contributed by atoms with Crippen LogP contribution in [-0.2, 0) is 6.54 Å². The second kappa shape index (κ2) is 9.21. The number of nitrogens with zero attached hydrogens (tertiary/aromatic N) is 6. The Bertz CT molecular complexity index is 1380. The van der Waals surface area contributed by atoms with Crippen molar-refractivity contribution in [2.24, 2.45) is 0 Å². The van der Waals surface area contributed by atoms with Crippen LogP contribution in [0.4, 0.5) is 14.6 Å². The van der Waals surface area contributed by atoms with Crippen molar-refractivity contribution in [2.45, 2.75) is 19.9 Å². The van der Waals surface area contributed by atoms with Gasteiger partial charge in [0, 0.05) is 12.1 Å². The molecule has 0 spiro atoms. The summed E-state index contributed by atoms with van der Waals surface area (Å²) in [6, 6.07) is 9.34. The average molecular weight is 471 g/mol. The number of aryl methyl sites for hydroxylation is 1. The highest BCUT2D eigenvalue weighted by atomic mass is 19.3. The van der Waals surface area contributed by atoms with Gasteiger partial charge in [-0.25, -0.2) is 18.3 Å². The van der Waals surface area contributed by atoms with Gasteiger partial charge in [0.25, 0.3) is 12.3 Å². The molecule has 0 saturated heterocycles. The minimum atomic E-state index is -2.87. The molecule has 13 heteroatoms. The predicted molar refractivity (Wildman–Crippen MR) is 116 cm³/mol. The molecule has 34 heavy (non-hydrogen) atoms. The van der Waals surface area contributed by atoms with Gasteiger partial charge in [-0.3, -0.25) is 4.79 Å². The van der Waals surface area contributed by atoms with Crippen molar-refractivity contribution in [3.63, 3.8) is 0 Å². The Balaban J connectivity index is 1.63. The maximum Gasteiger partial charge on any atom is 0.390 e. The standard InChI is InChI=1S/C21H19F2N7O4/c1-12-9-18(30(32)33)27-28(12)8-7-24-21(31)14-11-25-29-16(19(22)23)10-15(26-20(14)29)13-5-3-4-6-17(13)34-2/h3-6,9-11,19H,7-8H2,1-2H3,(H,24,31). The summed E-state index contributed by atoms with van der Waals surface area (Å²) < 4.78 is 35.2. The van der Waals surface area contributed by atoms with E-state index in [1.807, 2.05) is 0 Å². The predicted octanol–water partition coefficient (Wildman–Crippen LogP) is 3.19. The molecule has 3 heterocycles. The first-order valence-electron chi connectivity index (χ1n) is 10.1. The quantitative estimate of drug-likeness (QED) is 0.309. The molecular formula is C21H19F2N7O4. The van der Waals surface area contributed by atoms with E-state index in [1.165, 1.54) is 30.1 Å². The van der Waals surface area contributed by atoms with Gasteiger partial charge < -0.3 is 20.2 Å². The molecular weight excluding hydrogens is 452 g/mol. The number of methoxy groups -OCH3 is 1. The van der Waals surface area contributed by atoms with Crippen molar-refractivity contribution in [1.82, 2.24) is 29.7 Å². The maximum absolute atomic E-state index is 13.8. The number of hydrogen-bond acceptors (Lipinski definition) is 7. The van der Waals surface area contributed by atoms with Crippen LogP contribution >= 0.6 is 0 Å². The van der Waals surface area contributed by atoms with Crippen molar-refractivity contribution in [1.29, 1.82) is 0 Å². The number of carbonyl (C=O) groups excluding carboxylic acids is 1. The van der Waals surface area contributed by atoms with Crippen molar-refractivity contribution in [2.75, 3.05) is 13.7 Å². The fourth-order valence-corrected chi connectivity index (χ4v) is 3.47. The van der Waals surface area contributed by atoms with Crippen LogP contribution in [0.5, 0.6) is 5.75 Å². The molecule has 0 bridgehead atoms. The summed E-state index contributed by atoms with van der Waals surface area (Å²) >= 11 is 0. The van der Waals surface area contributed by atoms with Gasteiger partial charge in [-0.15, -0.1) is 0 Å². The van der Waals surface area contributed by atoms with Gasteiger partial charge in [-0.05, 0) is 30.0 Å². The summed E-state index contributed by atoms with van der Waals surface area (Å²) in [6.45, 7) is 1.92. The summed E-state index contributed by atoms with van der Waals surface area (Å²) in [4.78, 5) is 27.5. The highest BCUT2D eigenvalue weighted by Gasteiger charge is 2.23. The molecule has 3 aromatic heterocycles. The lowest BCUT2D eigenvalue weighted by molar-refractivity contribution is -0.389. The van der Waals surface area contributed by atoms with Crippen molar-refractivity contribution in [3.8, 4) is 17.0 Å². The molecule has 0 unspecified atom stereocenters. The molecule has 1 amide bonds. The zero-order valence-corrected chi connectivity index (χ0v) is 18.1. The number of carbonyl (C=O) groups is 1. The van der Waals surface area contributed by atoms with E-state index in [-0.39, 0.29) is 35.8 Å². The van der Waals surface area contributed by atoms with E-state index < -0.39 is 22.9 Å². The number of aromatic nitrogens is 5. The third kappa shape index (κ3) is 4.27. The molecule has 11 nitrogen and oxygen atoms in total. The lowest BCUT2D eigenvalue weighted by Gasteiger charge is -2.11. The third-order valence-corrected chi connectivity index (χ3v) is 5.11. The zero-order valence-electron chi connectivity index (χ0n) is 18.1. The number of ether oxygens (including phenoxy) is 1. The Hall–Kier alpha value is -4.42. The monoisotopic (exact) mass is 471 g/mol. The molecule has 176 valence electrons. The molecule has 1 N–H and O–H groups in total. The van der Waals surface area contributed by atoms with E-state index in [0.717, 1.165) is 4.52 Å². The highest BCUT2D eigenvalue weighted by molar-refractivity contribution is 5.99. The highest BCUT2D eigenvalue weighted by Crippen LogP contribution is 2.32. The average Bonchev–Trinajstić information content (AvgIpc) is 3.42. The van der Waals surface area contributed by atoms with E-state index >= 15 is 0 Å². The first-order chi connectivity index (χ1) is 16.3. The van der Waals surface area contributed by atoms with Gasteiger partial charge in [-0.1, -0.05) is 12.1 Å². The lowest BCUT2D eigenvalue weighted by Crippen LogP contribution is -2.27. The summed E-state index contributed by atoms with van der Waals surface area (Å²) in [5, 5.41) is 21.3. The molecule has 1 aromatic carbocycles. The molecule has 0 aliphatic heterocycles. The minimum Gasteiger partial charge on any atom is -0.496 e. The fourth-order valence-electron chi connectivity index (χ4n) is 3.47. The first-order valence-corrected chi connectivity index (χ1v) is 10.1. The SMILES string of the molecule is COc1ccccc1-c1cc(C(F)F)n2ncc(C(=O)NCCn3nc([N+](=O)[O-])cc3C)c2n1. The topological polar surface area (TPSA) is 129 Å². The van der Waals surface area contributed by atoms with Crippen molar-refractivity contribution >= 4 is 17.4 Å². The molecule has 0 fully saturated rings. The number of fused-ring (bicyclic) bond motifs is 1. The molecule has 0 radical (unpaired) electrons. The van der Waals surface area contributed by atoms with Gasteiger partial charge in [0.05, 0.1) is 42.4 Å². The fraction of sp³-hybridized carbons (Fsp3) is 0.238. The minimum absolute atomic E-state index is 0.00168. The van der Waals surface area contributed by atoms with Gasteiger partial charge in [0.1, 0.15) is 17.0 Å². The van der Waals surface area contributed by atoms with Gasteiger partial charge in [-0.2, -0.15) is 9.78 Å². The molecule has 4 aromatic rings. The van der Waals surface area contributed by atoms with Crippen LogP contribution in [0.2, 0.25) is 0 Å². The number of alkyl halides is 2. The maximum atomic E-state index is 13.8. The molecule has 4 rings (SSSR count). The van der Waals surface area contributed by atoms with Crippen molar-refractivity contribution in [3.05, 3.63) is 69.7 Å². The summed E-state index contributed by atoms with van der Waals surface area (Å²) in [5.74, 6) is -0.438. The Kier molecular flexibility index (Phi) is 6.17. The van der Waals surface area contributed by atoms with Crippen LogP contribution < -0.4 is 10.1 Å². The molecule has 0 saturated carbocycles. The Morgan fingerprint density at radius 2 is 2.06 bits per heavy atom. The Morgan fingerprint density at radius 1 is 1.29 bits per heavy atom. The number of para-hydroxylation sites is 1. The third-order valence-electron chi connectivity index (χ3n) is 5.11. The van der Waals surface area contributed by atoms with E-state index in [2.05, 4.69) is 20.5 Å². The molecule has 0 atom stereocenters.